The predicted octanol–water partition coefficient (Wildman–Crippen LogP) is 3.49. The van der Waals surface area contributed by atoms with Gasteiger partial charge in [0.05, 0.1) is 23.3 Å². The number of nitrogens with one attached hydrogen (secondary N) is 1. The van der Waals surface area contributed by atoms with Gasteiger partial charge in [-0.15, -0.1) is 0 Å². The summed E-state index contributed by atoms with van der Waals surface area (Å²) >= 11 is 0. The lowest BCUT2D eigenvalue weighted by molar-refractivity contribution is 0.0816. The number of amides is 1. The summed E-state index contributed by atoms with van der Waals surface area (Å²) in [7, 11) is 0. The Balaban J connectivity index is 2.18. The van der Waals surface area contributed by atoms with Gasteiger partial charge < -0.3 is 15.0 Å². The van der Waals surface area contributed by atoms with Crippen LogP contribution in [0, 0.1) is 31.1 Å². The van der Waals surface area contributed by atoms with Crippen LogP contribution in [0.4, 0.5) is 0 Å². The van der Waals surface area contributed by atoms with E-state index in [9.17, 15) is 9.90 Å². The maximum atomic E-state index is 12.6. The van der Waals surface area contributed by atoms with E-state index in [1.54, 1.807) is 12.1 Å². The molecule has 1 aromatic carbocycles. The highest BCUT2D eigenvalue weighted by atomic mass is 16.3. The zero-order chi connectivity index (χ0) is 19.3. The van der Waals surface area contributed by atoms with E-state index in [1.807, 2.05) is 50.5 Å². The highest BCUT2D eigenvalue weighted by Gasteiger charge is 2.20. The van der Waals surface area contributed by atoms with Crippen molar-refractivity contribution in [1.82, 2.24) is 9.88 Å². The summed E-state index contributed by atoms with van der Waals surface area (Å²) in [4.78, 5) is 12.6. The van der Waals surface area contributed by atoms with Crippen molar-refractivity contribution in [3.05, 3.63) is 52.8 Å². The van der Waals surface area contributed by atoms with Gasteiger partial charge in [-0.3, -0.25) is 4.79 Å². The number of nitrogens with zero attached hydrogens (tertiary/aromatic N) is 2. The largest absolute Gasteiger partial charge is 0.391 e. The van der Waals surface area contributed by atoms with E-state index in [-0.39, 0.29) is 18.4 Å². The third-order valence-corrected chi connectivity index (χ3v) is 5.00. The molecule has 0 saturated heterocycles. The molecule has 5 heteroatoms. The molecule has 5 nitrogen and oxygen atoms in total. The van der Waals surface area contributed by atoms with Crippen LogP contribution in [0.25, 0.3) is 5.69 Å². The van der Waals surface area contributed by atoms with Crippen LogP contribution in [0.3, 0.4) is 0 Å². The van der Waals surface area contributed by atoms with E-state index in [1.165, 1.54) is 0 Å². The topological polar surface area (TPSA) is 78.0 Å². The zero-order valence-corrected chi connectivity index (χ0v) is 15.9. The molecule has 1 unspecified atom stereocenters. The lowest BCUT2D eigenvalue weighted by Crippen LogP contribution is -2.36. The molecule has 138 valence electrons. The molecule has 2 N–H and O–H groups in total. The third-order valence-electron chi connectivity index (χ3n) is 5.00. The Kier molecular flexibility index (Phi) is 6.59. The smallest absolute Gasteiger partial charge is 0.253 e. The van der Waals surface area contributed by atoms with Crippen molar-refractivity contribution in [2.45, 2.75) is 46.6 Å². The normalized spacial score (nSPS) is 12.0. The van der Waals surface area contributed by atoms with Crippen LogP contribution >= 0.6 is 0 Å². The molecular weight excluding hydrogens is 326 g/mol. The summed E-state index contributed by atoms with van der Waals surface area (Å²) in [6, 6.07) is 11.2. The number of rotatable bonds is 7. The summed E-state index contributed by atoms with van der Waals surface area (Å²) in [6.07, 6.45) is 1.25. The number of aromatic nitrogens is 1. The van der Waals surface area contributed by atoms with Gasteiger partial charge in [-0.2, -0.15) is 5.26 Å². The van der Waals surface area contributed by atoms with Crippen LogP contribution in [0.15, 0.2) is 30.3 Å². The van der Waals surface area contributed by atoms with Crippen LogP contribution in [0.1, 0.15) is 54.0 Å². The second kappa shape index (κ2) is 8.68. The minimum absolute atomic E-state index is 0.178. The molecule has 0 aliphatic carbocycles. The summed E-state index contributed by atoms with van der Waals surface area (Å²) in [5.74, 6) is 0.0179. The zero-order valence-electron chi connectivity index (χ0n) is 15.9. The Morgan fingerprint density at radius 3 is 2.38 bits per heavy atom. The fourth-order valence-corrected chi connectivity index (χ4v) is 3.37. The lowest BCUT2D eigenvalue weighted by atomic mass is 9.96. The number of aliphatic hydroxyl groups is 1. The highest BCUT2D eigenvalue weighted by molar-refractivity contribution is 5.95. The fraction of sp³-hybridized carbons (Fsp3) is 0.429. The van der Waals surface area contributed by atoms with Crippen molar-refractivity contribution in [3.63, 3.8) is 0 Å². The minimum atomic E-state index is -0.532. The van der Waals surface area contributed by atoms with Crippen molar-refractivity contribution in [2.24, 2.45) is 5.92 Å². The van der Waals surface area contributed by atoms with Crippen LogP contribution in [0.2, 0.25) is 0 Å². The van der Waals surface area contributed by atoms with E-state index in [0.29, 0.717) is 11.1 Å². The fourth-order valence-electron chi connectivity index (χ4n) is 3.37. The maximum Gasteiger partial charge on any atom is 0.253 e. The molecule has 1 amide bonds. The Bertz CT molecular complexity index is 796. The van der Waals surface area contributed by atoms with E-state index in [0.717, 1.165) is 29.9 Å². The van der Waals surface area contributed by atoms with E-state index < -0.39 is 6.10 Å². The molecule has 2 aromatic rings. The summed E-state index contributed by atoms with van der Waals surface area (Å²) in [6.45, 7) is 8.19. The average Bonchev–Trinajstić information content (AvgIpc) is 2.95. The highest BCUT2D eigenvalue weighted by Crippen LogP contribution is 2.21. The first-order valence-electron chi connectivity index (χ1n) is 9.08. The standard InChI is InChI=1S/C21H27N3O2/c1-5-17(6-2)20(25)13-23-21(26)19-11-14(3)24(15(19)4)18-9-7-16(12-22)8-10-18/h7-11,17,20,25H,5-6,13H2,1-4H3,(H,23,26). The molecule has 0 aliphatic rings. The SMILES string of the molecule is CCC(CC)C(O)CNC(=O)c1cc(C)n(-c2ccc(C#N)cc2)c1C. The number of hydrogen-bond donors (Lipinski definition) is 2. The molecule has 1 atom stereocenters. The molecule has 2 rings (SSSR count). The maximum absolute atomic E-state index is 12.6. The number of carbonyl (C=O) groups excluding carboxylic acids is 1. The second-order valence-corrected chi connectivity index (χ2v) is 6.63. The summed E-state index contributed by atoms with van der Waals surface area (Å²) < 4.78 is 1.99. The lowest BCUT2D eigenvalue weighted by Gasteiger charge is -2.20. The predicted molar refractivity (Wildman–Crippen MR) is 102 cm³/mol. The number of carbonyl (C=O) groups is 1. The van der Waals surface area contributed by atoms with Gasteiger partial charge in [-0.05, 0) is 50.1 Å². The van der Waals surface area contributed by atoms with Gasteiger partial charge in [0.1, 0.15) is 0 Å². The van der Waals surface area contributed by atoms with E-state index >= 15 is 0 Å². The Morgan fingerprint density at radius 1 is 1.23 bits per heavy atom. The molecule has 1 heterocycles. The Morgan fingerprint density at radius 2 is 1.85 bits per heavy atom. The molecule has 0 aliphatic heterocycles. The second-order valence-electron chi connectivity index (χ2n) is 6.63. The first-order valence-corrected chi connectivity index (χ1v) is 9.08. The van der Waals surface area contributed by atoms with Crippen LogP contribution in [-0.2, 0) is 0 Å². The van der Waals surface area contributed by atoms with E-state index in [2.05, 4.69) is 11.4 Å². The Hall–Kier alpha value is -2.58. The number of benzene rings is 1. The van der Waals surface area contributed by atoms with Gasteiger partial charge in [0.25, 0.3) is 5.91 Å². The number of aliphatic hydroxyl groups excluding tert-OH is 1. The molecule has 1 aromatic heterocycles. The number of aryl methyl sites for hydroxylation is 1. The average molecular weight is 353 g/mol. The van der Waals surface area contributed by atoms with Gasteiger partial charge in [0.15, 0.2) is 0 Å². The number of hydrogen-bond acceptors (Lipinski definition) is 3. The van der Waals surface area contributed by atoms with Gasteiger partial charge in [0.2, 0.25) is 0 Å². The van der Waals surface area contributed by atoms with Crippen molar-refractivity contribution in [2.75, 3.05) is 6.54 Å². The molecule has 0 spiro atoms. The van der Waals surface area contributed by atoms with Crippen molar-refractivity contribution in [3.8, 4) is 11.8 Å². The molecule has 26 heavy (non-hydrogen) atoms. The summed E-state index contributed by atoms with van der Waals surface area (Å²) in [5.41, 5.74) is 3.89. The van der Waals surface area contributed by atoms with Gasteiger partial charge in [0, 0.05) is 23.6 Å². The van der Waals surface area contributed by atoms with Gasteiger partial charge in [-0.1, -0.05) is 26.7 Å². The van der Waals surface area contributed by atoms with Gasteiger partial charge in [-0.25, -0.2) is 0 Å². The summed E-state index contributed by atoms with van der Waals surface area (Å²) in [5, 5.41) is 22.0. The third kappa shape index (κ3) is 4.14. The van der Waals surface area contributed by atoms with E-state index in [4.69, 9.17) is 5.26 Å². The van der Waals surface area contributed by atoms with Crippen molar-refractivity contribution < 1.29 is 9.90 Å². The minimum Gasteiger partial charge on any atom is -0.391 e. The van der Waals surface area contributed by atoms with Crippen molar-refractivity contribution >= 4 is 5.91 Å². The Labute approximate surface area is 155 Å². The van der Waals surface area contributed by atoms with Crippen LogP contribution in [-0.4, -0.2) is 28.2 Å². The quantitative estimate of drug-likeness (QED) is 0.800. The molecule has 0 saturated carbocycles. The molecule has 0 radical (unpaired) electrons. The van der Waals surface area contributed by atoms with Crippen LogP contribution in [0.5, 0.6) is 0 Å². The van der Waals surface area contributed by atoms with Gasteiger partial charge >= 0.3 is 0 Å². The first-order chi connectivity index (χ1) is 12.4. The first kappa shape index (κ1) is 19.7. The monoisotopic (exact) mass is 353 g/mol. The molecule has 0 fully saturated rings. The molecular formula is C21H27N3O2. The van der Waals surface area contributed by atoms with Crippen molar-refractivity contribution in [1.29, 1.82) is 5.26 Å². The molecule has 0 bridgehead atoms. The number of nitriles is 1. The van der Waals surface area contributed by atoms with Crippen LogP contribution < -0.4 is 5.32 Å².